The Labute approximate surface area is 104 Å². The maximum atomic E-state index is 4.79. The lowest BCUT2D eigenvalue weighted by atomic mass is 10.0. The van der Waals surface area contributed by atoms with Crippen molar-refractivity contribution < 1.29 is 0 Å². The van der Waals surface area contributed by atoms with E-state index in [1.165, 1.54) is 44.2 Å². The Morgan fingerprint density at radius 3 is 2.82 bits per heavy atom. The van der Waals surface area contributed by atoms with Crippen LogP contribution in [0, 0.1) is 5.41 Å². The van der Waals surface area contributed by atoms with E-state index in [2.05, 4.69) is 29.3 Å². The minimum Gasteiger partial charge on any atom is -0.319 e. The van der Waals surface area contributed by atoms with Crippen LogP contribution >= 0.6 is 0 Å². The molecule has 1 aromatic rings. The topological polar surface area (TPSA) is 29.9 Å². The number of hydrogen-bond acceptors (Lipinski definition) is 2. The fraction of sp³-hybridized carbons (Fsp3) is 0.786. The van der Waals surface area contributed by atoms with E-state index in [1.807, 2.05) is 0 Å². The van der Waals surface area contributed by atoms with Gasteiger partial charge in [0.2, 0.25) is 0 Å². The van der Waals surface area contributed by atoms with Gasteiger partial charge < -0.3 is 5.32 Å². The summed E-state index contributed by atoms with van der Waals surface area (Å²) in [6.07, 6.45) is 11.5. The molecule has 0 unspecified atom stereocenters. The number of rotatable bonds is 5. The zero-order chi connectivity index (χ0) is 11.7. The summed E-state index contributed by atoms with van der Waals surface area (Å²) < 4.78 is 2.22. The highest BCUT2D eigenvalue weighted by Crippen LogP contribution is 2.47. The molecule has 0 saturated heterocycles. The molecule has 2 aliphatic carbocycles. The number of aromatic nitrogens is 2. The van der Waals surface area contributed by atoms with Crippen molar-refractivity contribution in [2.24, 2.45) is 5.41 Å². The highest BCUT2D eigenvalue weighted by atomic mass is 15.3. The van der Waals surface area contributed by atoms with Gasteiger partial charge in [-0.3, -0.25) is 4.68 Å². The molecule has 94 valence electrons. The predicted octanol–water partition coefficient (Wildman–Crippen LogP) is 2.54. The smallest absolute Gasteiger partial charge is 0.0630 e. The lowest BCUT2D eigenvalue weighted by molar-refractivity contribution is 0.442. The molecule has 0 amide bonds. The van der Waals surface area contributed by atoms with Crippen molar-refractivity contribution in [3.8, 4) is 0 Å². The number of nitrogens with zero attached hydrogens (tertiary/aromatic N) is 2. The second kappa shape index (κ2) is 4.45. The van der Waals surface area contributed by atoms with E-state index < -0.39 is 0 Å². The van der Waals surface area contributed by atoms with Crippen LogP contribution in [0.1, 0.15) is 50.3 Å². The van der Waals surface area contributed by atoms with Crippen molar-refractivity contribution in [3.05, 3.63) is 18.0 Å². The van der Waals surface area contributed by atoms with Crippen molar-refractivity contribution >= 4 is 0 Å². The van der Waals surface area contributed by atoms with Gasteiger partial charge in [0.15, 0.2) is 0 Å². The Bertz CT molecular complexity index is 373. The summed E-state index contributed by atoms with van der Waals surface area (Å²) in [6.45, 7) is 1.14. The third kappa shape index (κ3) is 2.39. The van der Waals surface area contributed by atoms with Crippen LogP contribution in [0.2, 0.25) is 0 Å². The Kier molecular flexibility index (Phi) is 2.95. The summed E-state index contributed by atoms with van der Waals surface area (Å²) in [7, 11) is 2.05. The van der Waals surface area contributed by atoms with Gasteiger partial charge in [-0.25, -0.2) is 0 Å². The molecule has 0 bridgehead atoms. The molecule has 2 fully saturated rings. The van der Waals surface area contributed by atoms with E-state index in [9.17, 15) is 0 Å². The Morgan fingerprint density at radius 1 is 1.41 bits per heavy atom. The molecular weight excluding hydrogens is 210 g/mol. The van der Waals surface area contributed by atoms with Gasteiger partial charge in [0.1, 0.15) is 0 Å². The summed E-state index contributed by atoms with van der Waals surface area (Å²) in [5.41, 5.74) is 1.83. The van der Waals surface area contributed by atoms with Crippen LogP contribution in [0.15, 0.2) is 12.3 Å². The molecule has 2 aliphatic rings. The first-order chi connectivity index (χ1) is 8.31. The summed E-state index contributed by atoms with van der Waals surface area (Å²) in [4.78, 5) is 0. The van der Waals surface area contributed by atoms with Crippen LogP contribution in [0.25, 0.3) is 0 Å². The second-order valence-electron chi connectivity index (χ2n) is 5.93. The van der Waals surface area contributed by atoms with Gasteiger partial charge in [-0.15, -0.1) is 0 Å². The minimum atomic E-state index is 0.531. The second-order valence-corrected chi connectivity index (χ2v) is 5.93. The highest BCUT2D eigenvalue weighted by Gasteiger charge is 2.42. The molecule has 1 heterocycles. The zero-order valence-corrected chi connectivity index (χ0v) is 10.8. The quantitative estimate of drug-likeness (QED) is 0.847. The Balaban J connectivity index is 1.64. The third-order valence-electron chi connectivity index (χ3n) is 4.43. The molecular formula is C14H23N3. The van der Waals surface area contributed by atoms with E-state index in [0.29, 0.717) is 11.5 Å². The van der Waals surface area contributed by atoms with Crippen LogP contribution < -0.4 is 5.32 Å². The molecule has 0 aliphatic heterocycles. The fourth-order valence-electron chi connectivity index (χ4n) is 3.20. The van der Waals surface area contributed by atoms with Gasteiger partial charge in [0, 0.05) is 12.7 Å². The lowest BCUT2D eigenvalue weighted by Gasteiger charge is -2.13. The molecule has 0 radical (unpaired) electrons. The van der Waals surface area contributed by atoms with Gasteiger partial charge in [-0.05, 0) is 50.6 Å². The molecule has 0 aromatic carbocycles. The number of nitrogens with one attached hydrogen (secondary N) is 1. The van der Waals surface area contributed by atoms with Crippen LogP contribution in [-0.4, -0.2) is 23.4 Å². The average Bonchev–Trinajstić information content (AvgIpc) is 2.78. The highest BCUT2D eigenvalue weighted by molar-refractivity contribution is 5.09. The van der Waals surface area contributed by atoms with Gasteiger partial charge in [-0.2, -0.15) is 5.10 Å². The molecule has 0 spiro atoms. The summed E-state index contributed by atoms with van der Waals surface area (Å²) in [6, 6.07) is 2.91. The fourth-order valence-corrected chi connectivity index (χ4v) is 3.20. The van der Waals surface area contributed by atoms with E-state index in [0.717, 1.165) is 13.0 Å². The Hall–Kier alpha value is -0.830. The average molecular weight is 233 g/mol. The maximum Gasteiger partial charge on any atom is 0.0630 e. The molecule has 3 rings (SSSR count). The van der Waals surface area contributed by atoms with Crippen molar-refractivity contribution in [2.45, 2.75) is 51.0 Å². The molecule has 0 atom stereocenters. The zero-order valence-electron chi connectivity index (χ0n) is 10.8. The SMILES string of the molecule is CNCC1(Cc2ccn(C3CCCC3)n2)CC1. The third-order valence-corrected chi connectivity index (χ3v) is 4.43. The molecule has 1 N–H and O–H groups in total. The monoisotopic (exact) mass is 233 g/mol. The standard InChI is InChI=1S/C14H23N3/c1-15-11-14(7-8-14)10-12-6-9-17(16-12)13-4-2-3-5-13/h6,9,13,15H,2-5,7-8,10-11H2,1H3. The molecule has 2 saturated carbocycles. The molecule has 1 aromatic heterocycles. The predicted molar refractivity (Wildman–Crippen MR) is 69.0 cm³/mol. The van der Waals surface area contributed by atoms with E-state index >= 15 is 0 Å². The molecule has 17 heavy (non-hydrogen) atoms. The van der Waals surface area contributed by atoms with Crippen molar-refractivity contribution in [2.75, 3.05) is 13.6 Å². The maximum absolute atomic E-state index is 4.79. The van der Waals surface area contributed by atoms with E-state index in [1.54, 1.807) is 0 Å². The first kappa shape index (κ1) is 11.3. The minimum absolute atomic E-state index is 0.531. The Morgan fingerprint density at radius 2 is 2.18 bits per heavy atom. The number of hydrogen-bond donors (Lipinski definition) is 1. The van der Waals surface area contributed by atoms with Crippen molar-refractivity contribution in [3.63, 3.8) is 0 Å². The van der Waals surface area contributed by atoms with Crippen molar-refractivity contribution in [1.82, 2.24) is 15.1 Å². The van der Waals surface area contributed by atoms with Gasteiger partial charge in [-0.1, -0.05) is 12.8 Å². The summed E-state index contributed by atoms with van der Waals surface area (Å²) in [5, 5.41) is 8.11. The summed E-state index contributed by atoms with van der Waals surface area (Å²) >= 11 is 0. The first-order valence-electron chi connectivity index (χ1n) is 7.00. The van der Waals surface area contributed by atoms with Crippen LogP contribution in [0.4, 0.5) is 0 Å². The van der Waals surface area contributed by atoms with Crippen molar-refractivity contribution in [1.29, 1.82) is 0 Å². The lowest BCUT2D eigenvalue weighted by Crippen LogP contribution is -2.22. The summed E-state index contributed by atoms with van der Waals surface area (Å²) in [5.74, 6) is 0. The normalized spacial score (nSPS) is 23.1. The van der Waals surface area contributed by atoms with Gasteiger partial charge in [0.25, 0.3) is 0 Å². The first-order valence-corrected chi connectivity index (χ1v) is 7.00. The van der Waals surface area contributed by atoms with Crippen LogP contribution in [0.5, 0.6) is 0 Å². The van der Waals surface area contributed by atoms with Crippen LogP contribution in [0.3, 0.4) is 0 Å². The van der Waals surface area contributed by atoms with Gasteiger partial charge >= 0.3 is 0 Å². The molecule has 3 heteroatoms. The van der Waals surface area contributed by atoms with E-state index in [4.69, 9.17) is 5.10 Å². The van der Waals surface area contributed by atoms with Crippen LogP contribution in [-0.2, 0) is 6.42 Å². The largest absolute Gasteiger partial charge is 0.319 e. The molecule has 3 nitrogen and oxygen atoms in total. The van der Waals surface area contributed by atoms with Gasteiger partial charge in [0.05, 0.1) is 11.7 Å². The van der Waals surface area contributed by atoms with E-state index in [-0.39, 0.29) is 0 Å².